The van der Waals surface area contributed by atoms with Gasteiger partial charge in [-0.2, -0.15) is 0 Å². The van der Waals surface area contributed by atoms with Crippen LogP contribution in [0.15, 0.2) is 66.9 Å². The van der Waals surface area contributed by atoms with Gasteiger partial charge in [0.1, 0.15) is 0 Å². The summed E-state index contributed by atoms with van der Waals surface area (Å²) in [5, 5.41) is 4.70. The highest BCUT2D eigenvalue weighted by Crippen LogP contribution is 2.30. The number of para-hydroxylation sites is 1. The summed E-state index contributed by atoms with van der Waals surface area (Å²) in [6, 6.07) is 20.4. The van der Waals surface area contributed by atoms with Gasteiger partial charge in [-0.05, 0) is 24.1 Å². The molecule has 2 aromatic carbocycles. The summed E-state index contributed by atoms with van der Waals surface area (Å²) < 4.78 is 13.4. The van der Waals surface area contributed by atoms with Crippen molar-refractivity contribution in [2.24, 2.45) is 0 Å². The number of benzene rings is 2. The van der Waals surface area contributed by atoms with Crippen LogP contribution in [0.2, 0.25) is 0 Å². The van der Waals surface area contributed by atoms with E-state index in [0.717, 1.165) is 56.1 Å². The number of hydrogen-bond donors (Lipinski definition) is 0. The van der Waals surface area contributed by atoms with Crippen LogP contribution < -0.4 is 4.74 Å². The van der Waals surface area contributed by atoms with Crippen LogP contribution in [0.25, 0.3) is 16.8 Å². The third kappa shape index (κ3) is 4.56. The Morgan fingerprint density at radius 3 is 2.37 bits per heavy atom. The van der Waals surface area contributed by atoms with E-state index in [0.29, 0.717) is 12.5 Å². The lowest BCUT2D eigenvalue weighted by atomic mass is 10.1. The minimum Gasteiger partial charge on any atom is -0.476 e. The van der Waals surface area contributed by atoms with Gasteiger partial charge in [-0.15, -0.1) is 5.10 Å². The number of aromatic nitrogens is 2. The molecule has 0 bridgehead atoms. The lowest BCUT2D eigenvalue weighted by Crippen LogP contribution is -2.37. The van der Waals surface area contributed by atoms with Crippen LogP contribution in [0.4, 0.5) is 0 Å². The maximum Gasteiger partial charge on any atom is 0.241 e. The predicted octanol–water partition coefficient (Wildman–Crippen LogP) is 3.64. The van der Waals surface area contributed by atoms with E-state index in [1.807, 2.05) is 59.4 Å². The zero-order chi connectivity index (χ0) is 18.3. The topological polar surface area (TPSA) is 39.5 Å². The molecule has 0 spiro atoms. The third-order valence-electron chi connectivity index (χ3n) is 4.75. The molecule has 0 radical (unpaired) electrons. The third-order valence-corrected chi connectivity index (χ3v) is 4.75. The van der Waals surface area contributed by atoms with Crippen LogP contribution in [-0.4, -0.2) is 54.1 Å². The lowest BCUT2D eigenvalue weighted by molar-refractivity contribution is 0.0357. The molecule has 0 unspecified atom stereocenters. The van der Waals surface area contributed by atoms with Crippen LogP contribution in [0, 0.1) is 0 Å². The summed E-state index contributed by atoms with van der Waals surface area (Å²) in [4.78, 5) is 2.42. The van der Waals surface area contributed by atoms with Crippen molar-refractivity contribution in [2.75, 3.05) is 39.5 Å². The maximum absolute atomic E-state index is 6.09. The predicted molar refractivity (Wildman–Crippen MR) is 106 cm³/mol. The Kier molecular flexibility index (Phi) is 5.82. The molecule has 1 aliphatic rings. The summed E-state index contributed by atoms with van der Waals surface area (Å²) in [6.45, 7) is 5.38. The Bertz CT molecular complexity index is 827. The normalized spacial score (nSPS) is 15.0. The molecular formula is C22H25N3O2. The molecule has 1 aromatic heterocycles. The molecule has 27 heavy (non-hydrogen) atoms. The van der Waals surface area contributed by atoms with E-state index in [2.05, 4.69) is 17.0 Å². The molecule has 4 rings (SSSR count). The van der Waals surface area contributed by atoms with E-state index >= 15 is 0 Å². The van der Waals surface area contributed by atoms with Gasteiger partial charge in [-0.1, -0.05) is 48.5 Å². The van der Waals surface area contributed by atoms with E-state index in [9.17, 15) is 0 Å². The van der Waals surface area contributed by atoms with Crippen LogP contribution in [0.1, 0.15) is 6.42 Å². The molecule has 2 heterocycles. The Balaban J connectivity index is 1.47. The Morgan fingerprint density at radius 2 is 1.63 bits per heavy atom. The van der Waals surface area contributed by atoms with E-state index in [1.165, 1.54) is 0 Å². The summed E-state index contributed by atoms with van der Waals surface area (Å²) >= 11 is 0. The molecule has 5 nitrogen and oxygen atoms in total. The Morgan fingerprint density at radius 1 is 0.926 bits per heavy atom. The largest absolute Gasteiger partial charge is 0.476 e. The molecule has 1 aliphatic heterocycles. The van der Waals surface area contributed by atoms with Gasteiger partial charge in [0.2, 0.25) is 5.88 Å². The van der Waals surface area contributed by atoms with Crippen molar-refractivity contribution in [3.05, 3.63) is 66.9 Å². The molecular weight excluding hydrogens is 338 g/mol. The first-order chi connectivity index (χ1) is 13.4. The fourth-order valence-corrected chi connectivity index (χ4v) is 3.28. The summed E-state index contributed by atoms with van der Waals surface area (Å²) in [5.41, 5.74) is 3.16. The van der Waals surface area contributed by atoms with Gasteiger partial charge in [-0.25, -0.2) is 4.68 Å². The first kappa shape index (κ1) is 17.8. The Labute approximate surface area is 160 Å². The van der Waals surface area contributed by atoms with Crippen LogP contribution >= 0.6 is 0 Å². The molecule has 1 fully saturated rings. The molecule has 3 aromatic rings. The standard InChI is InChI=1S/C22H25N3O2/c1-3-8-19(9-4-1)21-18-25(20-10-5-2-6-11-20)23-22(21)27-15-7-12-24-13-16-26-17-14-24/h1-6,8-11,18H,7,12-17H2. The minimum atomic E-state index is 0.656. The number of hydrogen-bond acceptors (Lipinski definition) is 4. The highest BCUT2D eigenvalue weighted by molar-refractivity contribution is 5.68. The second kappa shape index (κ2) is 8.84. The zero-order valence-electron chi connectivity index (χ0n) is 15.5. The molecule has 0 amide bonds. The summed E-state index contributed by atoms with van der Waals surface area (Å²) in [5.74, 6) is 0.687. The molecule has 0 aliphatic carbocycles. The van der Waals surface area contributed by atoms with E-state index < -0.39 is 0 Å². The summed E-state index contributed by atoms with van der Waals surface area (Å²) in [7, 11) is 0. The SMILES string of the molecule is c1ccc(-c2cn(-c3ccccc3)nc2OCCCN2CCOCC2)cc1. The number of ether oxygens (including phenoxy) is 2. The van der Waals surface area contributed by atoms with Crippen molar-refractivity contribution < 1.29 is 9.47 Å². The van der Waals surface area contributed by atoms with E-state index in [4.69, 9.17) is 14.6 Å². The molecule has 140 valence electrons. The fraction of sp³-hybridized carbons (Fsp3) is 0.318. The second-order valence-electron chi connectivity index (χ2n) is 6.65. The van der Waals surface area contributed by atoms with Crippen molar-refractivity contribution in [2.45, 2.75) is 6.42 Å². The molecule has 0 saturated carbocycles. The quantitative estimate of drug-likeness (QED) is 0.601. The first-order valence-corrected chi connectivity index (χ1v) is 9.53. The fourth-order valence-electron chi connectivity index (χ4n) is 3.28. The highest BCUT2D eigenvalue weighted by atomic mass is 16.5. The van der Waals surface area contributed by atoms with Gasteiger partial charge < -0.3 is 9.47 Å². The van der Waals surface area contributed by atoms with Crippen LogP contribution in [-0.2, 0) is 4.74 Å². The lowest BCUT2D eigenvalue weighted by Gasteiger charge is -2.26. The average Bonchev–Trinajstić information content (AvgIpc) is 3.17. The smallest absolute Gasteiger partial charge is 0.241 e. The number of nitrogens with zero attached hydrogens (tertiary/aromatic N) is 3. The van der Waals surface area contributed by atoms with Crippen molar-refractivity contribution in [3.63, 3.8) is 0 Å². The van der Waals surface area contributed by atoms with Crippen molar-refractivity contribution >= 4 is 0 Å². The van der Waals surface area contributed by atoms with Gasteiger partial charge >= 0.3 is 0 Å². The van der Waals surface area contributed by atoms with Gasteiger partial charge in [0.15, 0.2) is 0 Å². The van der Waals surface area contributed by atoms with E-state index in [-0.39, 0.29) is 0 Å². The number of morpholine rings is 1. The molecule has 0 N–H and O–H groups in total. The highest BCUT2D eigenvalue weighted by Gasteiger charge is 2.14. The van der Waals surface area contributed by atoms with Gasteiger partial charge in [0.05, 0.1) is 31.1 Å². The Hall–Kier alpha value is -2.63. The van der Waals surface area contributed by atoms with Crippen LogP contribution in [0.5, 0.6) is 5.88 Å². The van der Waals surface area contributed by atoms with Gasteiger partial charge in [0.25, 0.3) is 0 Å². The minimum absolute atomic E-state index is 0.656. The second-order valence-corrected chi connectivity index (χ2v) is 6.65. The van der Waals surface area contributed by atoms with E-state index in [1.54, 1.807) is 0 Å². The molecule has 1 saturated heterocycles. The first-order valence-electron chi connectivity index (χ1n) is 9.53. The number of rotatable bonds is 7. The molecule has 5 heteroatoms. The zero-order valence-corrected chi connectivity index (χ0v) is 15.5. The van der Waals surface area contributed by atoms with Crippen molar-refractivity contribution in [3.8, 4) is 22.7 Å². The van der Waals surface area contributed by atoms with Gasteiger partial charge in [0, 0.05) is 25.8 Å². The molecule has 0 atom stereocenters. The van der Waals surface area contributed by atoms with Crippen molar-refractivity contribution in [1.82, 2.24) is 14.7 Å². The monoisotopic (exact) mass is 363 g/mol. The maximum atomic E-state index is 6.09. The summed E-state index contributed by atoms with van der Waals surface area (Å²) in [6.07, 6.45) is 3.02. The van der Waals surface area contributed by atoms with Crippen molar-refractivity contribution in [1.29, 1.82) is 0 Å². The average molecular weight is 363 g/mol. The van der Waals surface area contributed by atoms with Gasteiger partial charge in [-0.3, -0.25) is 4.90 Å². The van der Waals surface area contributed by atoms with Crippen LogP contribution in [0.3, 0.4) is 0 Å².